The Morgan fingerprint density at radius 1 is 1.33 bits per heavy atom. The van der Waals surface area contributed by atoms with E-state index in [-0.39, 0.29) is 0 Å². The van der Waals surface area contributed by atoms with Gasteiger partial charge in [-0.1, -0.05) is 19.8 Å². The molecule has 2 aliphatic rings. The molecule has 1 heterocycles. The lowest BCUT2D eigenvalue weighted by atomic mass is 10.2. The van der Waals surface area contributed by atoms with Crippen molar-refractivity contribution in [1.82, 2.24) is 10.2 Å². The van der Waals surface area contributed by atoms with Gasteiger partial charge in [-0.2, -0.15) is 11.8 Å². The first-order valence-electron chi connectivity index (χ1n) is 6.45. The van der Waals surface area contributed by atoms with Crippen LogP contribution in [0.25, 0.3) is 0 Å². The third-order valence-corrected chi connectivity index (χ3v) is 4.83. The van der Waals surface area contributed by atoms with Gasteiger partial charge in [0.15, 0.2) is 0 Å². The lowest BCUT2D eigenvalue weighted by Crippen LogP contribution is -2.48. The van der Waals surface area contributed by atoms with Gasteiger partial charge in [0.2, 0.25) is 0 Å². The van der Waals surface area contributed by atoms with Crippen molar-refractivity contribution in [3.63, 3.8) is 0 Å². The smallest absolute Gasteiger partial charge is 0.0286 e. The van der Waals surface area contributed by atoms with Crippen LogP contribution in [0.15, 0.2) is 0 Å². The van der Waals surface area contributed by atoms with Crippen molar-refractivity contribution in [2.45, 2.75) is 44.7 Å². The van der Waals surface area contributed by atoms with Crippen LogP contribution in [0.1, 0.15) is 32.6 Å². The van der Waals surface area contributed by atoms with E-state index < -0.39 is 0 Å². The quantitative estimate of drug-likeness (QED) is 0.792. The Hall–Kier alpha value is 0.270. The lowest BCUT2D eigenvalue weighted by Gasteiger charge is -2.33. The highest BCUT2D eigenvalue weighted by molar-refractivity contribution is 7.99. The average molecular weight is 228 g/mol. The Morgan fingerprint density at radius 3 is 2.73 bits per heavy atom. The van der Waals surface area contributed by atoms with Gasteiger partial charge in [-0.05, 0) is 19.4 Å². The molecule has 0 aromatic carbocycles. The van der Waals surface area contributed by atoms with Crippen molar-refractivity contribution in [2.24, 2.45) is 0 Å². The minimum Gasteiger partial charge on any atom is -0.311 e. The fraction of sp³-hybridized carbons (Fsp3) is 1.00. The van der Waals surface area contributed by atoms with Gasteiger partial charge >= 0.3 is 0 Å². The van der Waals surface area contributed by atoms with E-state index in [1.807, 2.05) is 0 Å². The fourth-order valence-corrected chi connectivity index (χ4v) is 3.76. The molecule has 2 rings (SSSR count). The average Bonchev–Trinajstić information content (AvgIpc) is 2.81. The van der Waals surface area contributed by atoms with Crippen molar-refractivity contribution in [1.29, 1.82) is 0 Å². The summed E-state index contributed by atoms with van der Waals surface area (Å²) in [5.74, 6) is 2.61. The van der Waals surface area contributed by atoms with E-state index in [4.69, 9.17) is 0 Å². The van der Waals surface area contributed by atoms with Gasteiger partial charge in [0.05, 0.1) is 0 Å². The molecule has 3 heteroatoms. The number of nitrogens with one attached hydrogen (secondary N) is 1. The van der Waals surface area contributed by atoms with Crippen molar-refractivity contribution in [3.8, 4) is 0 Å². The Kier molecular flexibility index (Phi) is 4.79. The highest BCUT2D eigenvalue weighted by Crippen LogP contribution is 2.23. The van der Waals surface area contributed by atoms with Gasteiger partial charge in [0.1, 0.15) is 0 Å². The molecule has 1 aliphatic carbocycles. The number of hydrogen-bond donors (Lipinski definition) is 1. The standard InChI is InChI=1S/C12H24N2S/c1-2-14(12-5-3-4-6-12)9-11-10-15-8-7-13-11/h11-13H,2-10H2,1H3. The Morgan fingerprint density at radius 2 is 2.13 bits per heavy atom. The number of likely N-dealkylation sites (N-methyl/N-ethyl adjacent to an activating group) is 1. The molecular formula is C12H24N2S. The number of hydrogen-bond acceptors (Lipinski definition) is 3. The lowest BCUT2D eigenvalue weighted by molar-refractivity contribution is 0.191. The first-order valence-corrected chi connectivity index (χ1v) is 7.61. The summed E-state index contributed by atoms with van der Waals surface area (Å²) in [7, 11) is 0. The van der Waals surface area contributed by atoms with Crippen LogP contribution in [0, 0.1) is 0 Å². The summed E-state index contributed by atoms with van der Waals surface area (Å²) < 4.78 is 0. The van der Waals surface area contributed by atoms with E-state index in [1.165, 1.54) is 56.8 Å². The van der Waals surface area contributed by atoms with Crippen LogP contribution in [0.4, 0.5) is 0 Å². The molecule has 2 nitrogen and oxygen atoms in total. The van der Waals surface area contributed by atoms with Gasteiger partial charge < -0.3 is 5.32 Å². The number of rotatable bonds is 4. The summed E-state index contributed by atoms with van der Waals surface area (Å²) >= 11 is 2.11. The van der Waals surface area contributed by atoms with Crippen LogP contribution in [-0.2, 0) is 0 Å². The van der Waals surface area contributed by atoms with E-state index in [0.717, 1.165) is 12.1 Å². The van der Waals surface area contributed by atoms with Crippen LogP contribution in [0.5, 0.6) is 0 Å². The van der Waals surface area contributed by atoms with Gasteiger partial charge in [-0.25, -0.2) is 0 Å². The summed E-state index contributed by atoms with van der Waals surface area (Å²) in [6.45, 7) is 6.02. The van der Waals surface area contributed by atoms with Crippen LogP contribution < -0.4 is 5.32 Å². The maximum atomic E-state index is 3.64. The highest BCUT2D eigenvalue weighted by atomic mass is 32.2. The van der Waals surface area contributed by atoms with E-state index in [0.29, 0.717) is 0 Å². The molecule has 2 fully saturated rings. The monoisotopic (exact) mass is 228 g/mol. The maximum absolute atomic E-state index is 3.64. The van der Waals surface area contributed by atoms with Gasteiger partial charge in [0.25, 0.3) is 0 Å². The zero-order chi connectivity index (χ0) is 10.5. The summed E-state index contributed by atoms with van der Waals surface area (Å²) in [5, 5.41) is 3.64. The molecule has 0 amide bonds. The fourth-order valence-electron chi connectivity index (χ4n) is 2.83. The van der Waals surface area contributed by atoms with Crippen molar-refractivity contribution < 1.29 is 0 Å². The molecule has 1 N–H and O–H groups in total. The molecule has 1 saturated heterocycles. The second-order valence-corrected chi connectivity index (χ2v) is 5.90. The zero-order valence-corrected chi connectivity index (χ0v) is 10.7. The van der Waals surface area contributed by atoms with E-state index in [2.05, 4.69) is 28.9 Å². The van der Waals surface area contributed by atoms with Crippen molar-refractivity contribution >= 4 is 11.8 Å². The van der Waals surface area contributed by atoms with Gasteiger partial charge in [-0.15, -0.1) is 0 Å². The third kappa shape index (κ3) is 3.36. The second-order valence-electron chi connectivity index (χ2n) is 4.75. The molecule has 0 bridgehead atoms. The van der Waals surface area contributed by atoms with Gasteiger partial charge in [-0.3, -0.25) is 4.90 Å². The number of thioether (sulfide) groups is 1. The Balaban J connectivity index is 1.78. The molecule has 0 radical (unpaired) electrons. The molecular weight excluding hydrogens is 204 g/mol. The summed E-state index contributed by atoms with van der Waals surface area (Å²) in [4.78, 5) is 2.70. The molecule has 1 aliphatic heterocycles. The normalized spacial score (nSPS) is 28.8. The summed E-state index contributed by atoms with van der Waals surface area (Å²) in [6, 6.07) is 1.63. The molecule has 0 spiro atoms. The van der Waals surface area contributed by atoms with E-state index >= 15 is 0 Å². The largest absolute Gasteiger partial charge is 0.311 e. The first-order chi connectivity index (χ1) is 7.40. The topological polar surface area (TPSA) is 15.3 Å². The predicted molar refractivity (Wildman–Crippen MR) is 68.6 cm³/mol. The highest BCUT2D eigenvalue weighted by Gasteiger charge is 2.24. The molecule has 1 atom stereocenters. The maximum Gasteiger partial charge on any atom is 0.0286 e. The van der Waals surface area contributed by atoms with Crippen LogP contribution in [0.3, 0.4) is 0 Å². The Bertz CT molecular complexity index is 174. The van der Waals surface area contributed by atoms with Crippen LogP contribution in [-0.4, -0.2) is 48.1 Å². The van der Waals surface area contributed by atoms with Gasteiger partial charge in [0, 0.05) is 36.7 Å². The molecule has 88 valence electrons. The summed E-state index contributed by atoms with van der Waals surface area (Å²) in [5.41, 5.74) is 0. The third-order valence-electron chi connectivity index (χ3n) is 3.70. The summed E-state index contributed by atoms with van der Waals surface area (Å²) in [6.07, 6.45) is 5.78. The minimum absolute atomic E-state index is 0.740. The van der Waals surface area contributed by atoms with E-state index in [9.17, 15) is 0 Å². The van der Waals surface area contributed by atoms with Crippen LogP contribution in [0.2, 0.25) is 0 Å². The Labute approximate surface area is 98.2 Å². The molecule has 0 aromatic rings. The molecule has 15 heavy (non-hydrogen) atoms. The van der Waals surface area contributed by atoms with Crippen molar-refractivity contribution in [3.05, 3.63) is 0 Å². The molecule has 0 aromatic heterocycles. The first kappa shape index (κ1) is 11.7. The number of nitrogens with zero attached hydrogens (tertiary/aromatic N) is 1. The minimum atomic E-state index is 0.740. The van der Waals surface area contributed by atoms with E-state index in [1.54, 1.807) is 0 Å². The molecule has 1 unspecified atom stereocenters. The second kappa shape index (κ2) is 6.12. The SMILES string of the molecule is CCN(CC1CSCCN1)C1CCCC1. The van der Waals surface area contributed by atoms with Crippen LogP contribution >= 0.6 is 11.8 Å². The molecule has 1 saturated carbocycles. The van der Waals surface area contributed by atoms with Crippen molar-refractivity contribution in [2.75, 3.05) is 31.1 Å². The predicted octanol–water partition coefficient (Wildman–Crippen LogP) is 1.96. The zero-order valence-electron chi connectivity index (χ0n) is 9.87.